The number of hydrogen-bond acceptors (Lipinski definition) is 1. The summed E-state index contributed by atoms with van der Waals surface area (Å²) in [5.41, 5.74) is 2.38. The van der Waals surface area contributed by atoms with Crippen LogP contribution in [0.1, 0.15) is 36.0 Å². The zero-order valence-electron chi connectivity index (χ0n) is 6.44. The minimum Gasteiger partial charge on any atom is -0.346 e. The molecule has 0 atom stereocenters. The first-order valence-electron chi connectivity index (χ1n) is 3.80. The van der Waals surface area contributed by atoms with Crippen molar-refractivity contribution in [2.24, 2.45) is 0 Å². The van der Waals surface area contributed by atoms with E-state index in [1.165, 1.54) is 24.4 Å². The second-order valence-corrected chi connectivity index (χ2v) is 3.11. The molecular formula is C8H12N2. The van der Waals surface area contributed by atoms with Crippen molar-refractivity contribution in [3.63, 3.8) is 0 Å². The molecule has 1 saturated carbocycles. The molecule has 0 unspecified atom stereocenters. The highest BCUT2D eigenvalue weighted by Gasteiger charge is 2.26. The van der Waals surface area contributed by atoms with Gasteiger partial charge < -0.3 is 4.98 Å². The highest BCUT2D eigenvalue weighted by atomic mass is 14.9. The molecule has 0 bridgehead atoms. The second-order valence-electron chi connectivity index (χ2n) is 3.11. The highest BCUT2D eigenvalue weighted by Crippen LogP contribution is 2.38. The fourth-order valence-corrected chi connectivity index (χ4v) is 1.13. The summed E-state index contributed by atoms with van der Waals surface area (Å²) in [5, 5.41) is 0. The van der Waals surface area contributed by atoms with Crippen LogP contribution in [0.25, 0.3) is 0 Å². The van der Waals surface area contributed by atoms with Gasteiger partial charge in [0.2, 0.25) is 0 Å². The van der Waals surface area contributed by atoms with Crippen LogP contribution in [0.3, 0.4) is 0 Å². The lowest BCUT2D eigenvalue weighted by atomic mass is 10.4. The highest BCUT2D eigenvalue weighted by molar-refractivity contribution is 5.16. The van der Waals surface area contributed by atoms with Crippen LogP contribution < -0.4 is 0 Å². The second kappa shape index (κ2) is 1.84. The van der Waals surface area contributed by atoms with Gasteiger partial charge in [-0.1, -0.05) is 0 Å². The van der Waals surface area contributed by atoms with E-state index in [0.29, 0.717) is 0 Å². The molecule has 2 heteroatoms. The Hall–Kier alpha value is -0.790. The molecule has 0 aliphatic heterocycles. The van der Waals surface area contributed by atoms with Crippen LogP contribution in [0, 0.1) is 13.8 Å². The molecule has 0 spiro atoms. The molecule has 1 aromatic heterocycles. The molecule has 1 aromatic rings. The standard InChI is InChI=1S/C8H12N2/c1-5-6(2)10-8(9-5)7-3-4-7/h7H,3-4H2,1-2H3,(H,9,10). The maximum absolute atomic E-state index is 4.42. The van der Waals surface area contributed by atoms with Gasteiger partial charge in [0.05, 0.1) is 5.69 Å². The van der Waals surface area contributed by atoms with Gasteiger partial charge in [0.15, 0.2) is 0 Å². The van der Waals surface area contributed by atoms with Gasteiger partial charge in [0, 0.05) is 11.6 Å². The Morgan fingerprint density at radius 3 is 2.50 bits per heavy atom. The SMILES string of the molecule is Cc1nc(C2CC2)[nH]c1C. The number of H-pyrrole nitrogens is 1. The zero-order chi connectivity index (χ0) is 7.14. The molecule has 1 fully saturated rings. The Labute approximate surface area is 60.7 Å². The van der Waals surface area contributed by atoms with Gasteiger partial charge in [0.25, 0.3) is 0 Å². The summed E-state index contributed by atoms with van der Waals surface area (Å²) in [4.78, 5) is 7.71. The maximum atomic E-state index is 4.42. The van der Waals surface area contributed by atoms with Gasteiger partial charge in [-0.05, 0) is 26.7 Å². The third-order valence-electron chi connectivity index (χ3n) is 2.11. The van der Waals surface area contributed by atoms with E-state index in [4.69, 9.17) is 0 Å². The van der Waals surface area contributed by atoms with E-state index in [2.05, 4.69) is 23.8 Å². The van der Waals surface area contributed by atoms with Crippen LogP contribution in [0.4, 0.5) is 0 Å². The normalized spacial score (nSPS) is 17.8. The van der Waals surface area contributed by atoms with Crippen LogP contribution in [-0.4, -0.2) is 9.97 Å². The molecule has 54 valence electrons. The molecule has 10 heavy (non-hydrogen) atoms. The van der Waals surface area contributed by atoms with Crippen molar-refractivity contribution in [1.82, 2.24) is 9.97 Å². The summed E-state index contributed by atoms with van der Waals surface area (Å²) in [5.74, 6) is 1.96. The van der Waals surface area contributed by atoms with Gasteiger partial charge in [0.1, 0.15) is 5.82 Å². The Morgan fingerprint density at radius 1 is 1.40 bits per heavy atom. The van der Waals surface area contributed by atoms with Crippen molar-refractivity contribution in [2.45, 2.75) is 32.6 Å². The van der Waals surface area contributed by atoms with Crippen molar-refractivity contribution in [2.75, 3.05) is 0 Å². The van der Waals surface area contributed by atoms with Gasteiger partial charge in [-0.2, -0.15) is 0 Å². The lowest BCUT2D eigenvalue weighted by Crippen LogP contribution is -1.80. The van der Waals surface area contributed by atoms with Crippen LogP contribution in [0.2, 0.25) is 0 Å². The summed E-state index contributed by atoms with van der Waals surface area (Å²) >= 11 is 0. The van der Waals surface area contributed by atoms with E-state index in [0.717, 1.165) is 11.6 Å². The molecule has 0 aromatic carbocycles. The van der Waals surface area contributed by atoms with Crippen molar-refractivity contribution in [3.05, 3.63) is 17.2 Å². The van der Waals surface area contributed by atoms with Crippen molar-refractivity contribution < 1.29 is 0 Å². The number of aromatic amines is 1. The molecule has 1 heterocycles. The number of rotatable bonds is 1. The number of imidazole rings is 1. The lowest BCUT2D eigenvalue weighted by Gasteiger charge is -1.84. The first kappa shape index (κ1) is 5.96. The van der Waals surface area contributed by atoms with Crippen LogP contribution >= 0.6 is 0 Å². The number of aromatic nitrogens is 2. The summed E-state index contributed by atoms with van der Waals surface area (Å²) in [6, 6.07) is 0. The smallest absolute Gasteiger partial charge is 0.109 e. The maximum Gasteiger partial charge on any atom is 0.109 e. The molecule has 0 saturated heterocycles. The molecule has 2 rings (SSSR count). The van der Waals surface area contributed by atoms with Crippen LogP contribution in [0.15, 0.2) is 0 Å². The Balaban J connectivity index is 2.34. The third kappa shape index (κ3) is 0.838. The van der Waals surface area contributed by atoms with Crippen molar-refractivity contribution >= 4 is 0 Å². The van der Waals surface area contributed by atoms with E-state index in [-0.39, 0.29) is 0 Å². The van der Waals surface area contributed by atoms with Gasteiger partial charge in [-0.25, -0.2) is 4.98 Å². The lowest BCUT2D eigenvalue weighted by molar-refractivity contribution is 0.964. The zero-order valence-corrected chi connectivity index (χ0v) is 6.44. The van der Waals surface area contributed by atoms with Crippen molar-refractivity contribution in [3.8, 4) is 0 Å². The van der Waals surface area contributed by atoms with Crippen LogP contribution in [-0.2, 0) is 0 Å². The predicted molar refractivity (Wildman–Crippen MR) is 40.0 cm³/mol. The Kier molecular flexibility index (Phi) is 1.10. The number of nitrogens with zero attached hydrogens (tertiary/aromatic N) is 1. The van der Waals surface area contributed by atoms with Gasteiger partial charge >= 0.3 is 0 Å². The first-order valence-corrected chi connectivity index (χ1v) is 3.80. The minimum atomic E-state index is 0.757. The molecule has 1 aliphatic carbocycles. The van der Waals surface area contributed by atoms with E-state index in [9.17, 15) is 0 Å². The quantitative estimate of drug-likeness (QED) is 0.627. The van der Waals surface area contributed by atoms with E-state index in [1.54, 1.807) is 0 Å². The average molecular weight is 136 g/mol. The average Bonchev–Trinajstić information content (AvgIpc) is 2.64. The third-order valence-corrected chi connectivity index (χ3v) is 2.11. The minimum absolute atomic E-state index is 0.757. The fourth-order valence-electron chi connectivity index (χ4n) is 1.13. The molecular weight excluding hydrogens is 124 g/mol. The Morgan fingerprint density at radius 2 is 2.10 bits per heavy atom. The number of hydrogen-bond donors (Lipinski definition) is 1. The monoisotopic (exact) mass is 136 g/mol. The fraction of sp³-hybridized carbons (Fsp3) is 0.625. The molecule has 0 radical (unpaired) electrons. The molecule has 0 amide bonds. The van der Waals surface area contributed by atoms with E-state index in [1.807, 2.05) is 0 Å². The number of nitrogens with one attached hydrogen (secondary N) is 1. The summed E-state index contributed by atoms with van der Waals surface area (Å²) in [6.45, 7) is 4.13. The number of aryl methyl sites for hydroxylation is 2. The van der Waals surface area contributed by atoms with Crippen molar-refractivity contribution in [1.29, 1.82) is 0 Å². The summed E-state index contributed by atoms with van der Waals surface area (Å²) in [6.07, 6.45) is 2.65. The topological polar surface area (TPSA) is 28.7 Å². The summed E-state index contributed by atoms with van der Waals surface area (Å²) < 4.78 is 0. The Bertz CT molecular complexity index is 226. The molecule has 1 N–H and O–H groups in total. The summed E-state index contributed by atoms with van der Waals surface area (Å²) in [7, 11) is 0. The largest absolute Gasteiger partial charge is 0.346 e. The van der Waals surface area contributed by atoms with E-state index < -0.39 is 0 Å². The van der Waals surface area contributed by atoms with Crippen LogP contribution in [0.5, 0.6) is 0 Å². The van der Waals surface area contributed by atoms with Gasteiger partial charge in [-0.3, -0.25) is 0 Å². The predicted octanol–water partition coefficient (Wildman–Crippen LogP) is 1.90. The molecule has 1 aliphatic rings. The first-order chi connectivity index (χ1) is 4.77. The molecule has 2 nitrogen and oxygen atoms in total. The van der Waals surface area contributed by atoms with Gasteiger partial charge in [-0.15, -0.1) is 0 Å². The van der Waals surface area contributed by atoms with E-state index >= 15 is 0 Å².